The highest BCUT2D eigenvalue weighted by Crippen LogP contribution is 2.20. The lowest BCUT2D eigenvalue weighted by molar-refractivity contribution is 0.285. The Morgan fingerprint density at radius 3 is 2.47 bits per heavy atom. The Kier molecular flexibility index (Phi) is 5.47. The van der Waals surface area contributed by atoms with E-state index in [2.05, 4.69) is 0 Å². The topological polar surface area (TPSA) is 46.2 Å². The Balaban J connectivity index is 2.45. The van der Waals surface area contributed by atoms with Gasteiger partial charge in [-0.1, -0.05) is 23.7 Å². The fraction of sp³-hybridized carbons (Fsp3) is 0.455. The van der Waals surface area contributed by atoms with E-state index in [1.165, 1.54) is 5.56 Å². The standard InChI is InChI=1S/C11H16ClNOS/c1-8(13)11(6-14)15-7-9-2-4-10(12)5-3-9/h2-5,8,11,14H,6-7,13H2,1H3. The molecule has 0 spiro atoms. The van der Waals surface area contributed by atoms with Crippen LogP contribution in [0.15, 0.2) is 24.3 Å². The molecule has 0 fully saturated rings. The smallest absolute Gasteiger partial charge is 0.0565 e. The lowest BCUT2D eigenvalue weighted by Gasteiger charge is -2.17. The van der Waals surface area contributed by atoms with E-state index in [1.807, 2.05) is 31.2 Å². The van der Waals surface area contributed by atoms with Gasteiger partial charge in [0.25, 0.3) is 0 Å². The molecule has 1 aromatic rings. The molecule has 0 aromatic heterocycles. The summed E-state index contributed by atoms with van der Waals surface area (Å²) in [5.41, 5.74) is 6.93. The molecule has 15 heavy (non-hydrogen) atoms. The molecular weight excluding hydrogens is 230 g/mol. The SMILES string of the molecule is CC(N)C(CO)SCc1ccc(Cl)cc1. The van der Waals surface area contributed by atoms with Crippen LogP contribution < -0.4 is 5.73 Å². The van der Waals surface area contributed by atoms with Crippen molar-refractivity contribution in [2.24, 2.45) is 5.73 Å². The number of hydrogen-bond acceptors (Lipinski definition) is 3. The molecule has 2 unspecified atom stereocenters. The van der Waals surface area contributed by atoms with E-state index in [0.717, 1.165) is 10.8 Å². The largest absolute Gasteiger partial charge is 0.395 e. The van der Waals surface area contributed by atoms with Crippen LogP contribution in [0.4, 0.5) is 0 Å². The number of hydrogen-bond donors (Lipinski definition) is 2. The van der Waals surface area contributed by atoms with Gasteiger partial charge in [-0.05, 0) is 24.6 Å². The maximum absolute atomic E-state index is 9.10. The highest BCUT2D eigenvalue weighted by atomic mass is 35.5. The molecule has 0 aliphatic heterocycles. The molecule has 0 bridgehead atoms. The molecule has 0 heterocycles. The number of thioether (sulfide) groups is 1. The first-order chi connectivity index (χ1) is 7.13. The van der Waals surface area contributed by atoms with Crippen LogP contribution in [0.3, 0.4) is 0 Å². The third kappa shape index (κ3) is 4.43. The van der Waals surface area contributed by atoms with Gasteiger partial charge in [0.2, 0.25) is 0 Å². The number of rotatable bonds is 5. The molecule has 0 amide bonds. The molecule has 0 aliphatic carbocycles. The summed E-state index contributed by atoms with van der Waals surface area (Å²) in [7, 11) is 0. The number of nitrogens with two attached hydrogens (primary N) is 1. The molecule has 84 valence electrons. The third-order valence-electron chi connectivity index (χ3n) is 2.14. The Bertz CT molecular complexity index is 289. The molecule has 0 aliphatic rings. The van der Waals surface area contributed by atoms with Crippen molar-refractivity contribution in [2.75, 3.05) is 6.61 Å². The molecule has 0 saturated carbocycles. The predicted molar refractivity (Wildman–Crippen MR) is 67.3 cm³/mol. The van der Waals surface area contributed by atoms with E-state index in [0.29, 0.717) is 0 Å². The molecular formula is C11H16ClNOS. The van der Waals surface area contributed by atoms with Crippen molar-refractivity contribution < 1.29 is 5.11 Å². The zero-order valence-electron chi connectivity index (χ0n) is 8.69. The highest BCUT2D eigenvalue weighted by molar-refractivity contribution is 7.99. The van der Waals surface area contributed by atoms with Crippen molar-refractivity contribution in [1.82, 2.24) is 0 Å². The van der Waals surface area contributed by atoms with Crippen molar-refractivity contribution in [3.8, 4) is 0 Å². The van der Waals surface area contributed by atoms with Crippen molar-refractivity contribution in [3.63, 3.8) is 0 Å². The summed E-state index contributed by atoms with van der Waals surface area (Å²) in [6.45, 7) is 2.03. The quantitative estimate of drug-likeness (QED) is 0.837. The van der Waals surface area contributed by atoms with E-state index in [-0.39, 0.29) is 17.9 Å². The first kappa shape index (κ1) is 12.8. The lowest BCUT2D eigenvalue weighted by atomic mass is 10.2. The van der Waals surface area contributed by atoms with Gasteiger partial charge in [-0.25, -0.2) is 0 Å². The number of halogens is 1. The van der Waals surface area contributed by atoms with Crippen molar-refractivity contribution in [1.29, 1.82) is 0 Å². The van der Waals surface area contributed by atoms with Gasteiger partial charge >= 0.3 is 0 Å². The summed E-state index contributed by atoms with van der Waals surface area (Å²) in [5, 5.41) is 9.94. The molecule has 3 N–H and O–H groups in total. The fourth-order valence-corrected chi connectivity index (χ4v) is 2.29. The van der Waals surface area contributed by atoms with Gasteiger partial charge < -0.3 is 10.8 Å². The number of aliphatic hydroxyl groups is 1. The van der Waals surface area contributed by atoms with Crippen LogP contribution in [-0.4, -0.2) is 23.0 Å². The molecule has 1 aromatic carbocycles. The summed E-state index contributed by atoms with van der Waals surface area (Å²) in [6, 6.07) is 7.73. The minimum absolute atomic E-state index is 0.00676. The average Bonchev–Trinajstić information content (AvgIpc) is 2.21. The molecule has 2 nitrogen and oxygen atoms in total. The van der Waals surface area contributed by atoms with E-state index < -0.39 is 0 Å². The lowest BCUT2D eigenvalue weighted by Crippen LogP contribution is -2.31. The van der Waals surface area contributed by atoms with E-state index in [9.17, 15) is 0 Å². The minimum atomic E-state index is 0.00676. The normalized spacial score (nSPS) is 14.9. The van der Waals surface area contributed by atoms with E-state index >= 15 is 0 Å². The molecule has 0 radical (unpaired) electrons. The van der Waals surface area contributed by atoms with E-state index in [4.69, 9.17) is 22.4 Å². The van der Waals surface area contributed by atoms with Crippen molar-refractivity contribution in [3.05, 3.63) is 34.9 Å². The summed E-state index contributed by atoms with van der Waals surface area (Å²) >= 11 is 7.46. The average molecular weight is 246 g/mol. The van der Waals surface area contributed by atoms with Crippen LogP contribution >= 0.6 is 23.4 Å². The van der Waals surface area contributed by atoms with Gasteiger partial charge in [0.05, 0.1) is 6.61 Å². The number of aliphatic hydroxyl groups excluding tert-OH is 1. The van der Waals surface area contributed by atoms with Gasteiger partial charge in [0.1, 0.15) is 0 Å². The predicted octanol–water partition coefficient (Wildman–Crippen LogP) is 2.28. The molecule has 4 heteroatoms. The zero-order valence-corrected chi connectivity index (χ0v) is 10.3. The van der Waals surface area contributed by atoms with Gasteiger partial charge in [0, 0.05) is 22.1 Å². The van der Waals surface area contributed by atoms with Crippen molar-refractivity contribution in [2.45, 2.75) is 24.0 Å². The van der Waals surface area contributed by atoms with Crippen molar-refractivity contribution >= 4 is 23.4 Å². The van der Waals surface area contributed by atoms with Gasteiger partial charge in [-0.2, -0.15) is 0 Å². The molecule has 1 rings (SSSR count). The Labute approximate surface area is 99.8 Å². The first-order valence-electron chi connectivity index (χ1n) is 4.86. The number of benzene rings is 1. The summed E-state index contributed by atoms with van der Waals surface area (Å²) in [5.74, 6) is 0.851. The Hall–Kier alpha value is -0.220. The Morgan fingerprint density at radius 1 is 1.40 bits per heavy atom. The van der Waals surface area contributed by atoms with Gasteiger partial charge in [-0.3, -0.25) is 0 Å². The second-order valence-corrected chi connectivity index (χ2v) is 5.18. The fourth-order valence-electron chi connectivity index (χ4n) is 1.15. The van der Waals surface area contributed by atoms with Crippen LogP contribution in [0.25, 0.3) is 0 Å². The maximum atomic E-state index is 9.10. The summed E-state index contributed by atoms with van der Waals surface area (Å²) in [4.78, 5) is 0. The zero-order chi connectivity index (χ0) is 11.3. The van der Waals surface area contributed by atoms with Crippen LogP contribution in [-0.2, 0) is 5.75 Å². The third-order valence-corrected chi connectivity index (χ3v) is 3.90. The summed E-state index contributed by atoms with van der Waals surface area (Å²) in [6.07, 6.45) is 0. The van der Waals surface area contributed by atoms with Crippen LogP contribution in [0, 0.1) is 0 Å². The molecule has 2 atom stereocenters. The first-order valence-corrected chi connectivity index (χ1v) is 6.28. The van der Waals surface area contributed by atoms with Crippen LogP contribution in [0.1, 0.15) is 12.5 Å². The highest BCUT2D eigenvalue weighted by Gasteiger charge is 2.12. The van der Waals surface area contributed by atoms with Crippen LogP contribution in [0.5, 0.6) is 0 Å². The Morgan fingerprint density at radius 2 is 2.00 bits per heavy atom. The van der Waals surface area contributed by atoms with Gasteiger partial charge in [0.15, 0.2) is 0 Å². The van der Waals surface area contributed by atoms with Crippen LogP contribution in [0.2, 0.25) is 5.02 Å². The van der Waals surface area contributed by atoms with E-state index in [1.54, 1.807) is 11.8 Å². The minimum Gasteiger partial charge on any atom is -0.395 e. The van der Waals surface area contributed by atoms with Gasteiger partial charge in [-0.15, -0.1) is 11.8 Å². The second kappa shape index (κ2) is 6.38. The second-order valence-electron chi connectivity index (χ2n) is 3.52. The molecule has 0 saturated heterocycles. The monoisotopic (exact) mass is 245 g/mol. The summed E-state index contributed by atoms with van der Waals surface area (Å²) < 4.78 is 0. The maximum Gasteiger partial charge on any atom is 0.0565 e.